The molecule has 7 heteroatoms. The molecule has 0 fully saturated rings. The highest BCUT2D eigenvalue weighted by Crippen LogP contribution is 2.16. The van der Waals surface area contributed by atoms with Crippen molar-refractivity contribution in [3.8, 4) is 5.75 Å². The molecule has 0 bridgehead atoms. The molecule has 0 aliphatic heterocycles. The van der Waals surface area contributed by atoms with Gasteiger partial charge in [-0.15, -0.1) is 0 Å². The van der Waals surface area contributed by atoms with Gasteiger partial charge < -0.3 is 15.4 Å². The summed E-state index contributed by atoms with van der Waals surface area (Å²) in [7, 11) is 1.60. The second-order valence-electron chi connectivity index (χ2n) is 5.96. The van der Waals surface area contributed by atoms with E-state index >= 15 is 0 Å². The van der Waals surface area contributed by atoms with Crippen LogP contribution < -0.4 is 15.4 Å². The number of nitrogens with zero attached hydrogens (tertiary/aromatic N) is 1. The van der Waals surface area contributed by atoms with Crippen LogP contribution in [0.3, 0.4) is 0 Å². The van der Waals surface area contributed by atoms with E-state index in [1.54, 1.807) is 31.4 Å². The van der Waals surface area contributed by atoms with Crippen molar-refractivity contribution < 1.29 is 14.3 Å². The Kier molecular flexibility index (Phi) is 6.24. The standard InChI is InChI=1S/C21H18ClN3O3/c1-28-19-7-5-14(6-8-19)11-24-20(26)15-9-16(13-23-12-15)21(27)25-18-4-2-3-17(22)10-18/h2-10,12-13H,11H2,1H3,(H,24,26)(H,25,27). The quantitative estimate of drug-likeness (QED) is 0.662. The number of carbonyl (C=O) groups is 2. The van der Waals surface area contributed by atoms with Gasteiger partial charge in [-0.05, 0) is 42.0 Å². The maximum Gasteiger partial charge on any atom is 0.257 e. The van der Waals surface area contributed by atoms with Crippen LogP contribution in [0.15, 0.2) is 67.0 Å². The molecule has 0 aliphatic rings. The molecule has 0 saturated carbocycles. The molecule has 28 heavy (non-hydrogen) atoms. The number of amides is 2. The monoisotopic (exact) mass is 395 g/mol. The van der Waals surface area contributed by atoms with E-state index in [0.29, 0.717) is 22.8 Å². The highest BCUT2D eigenvalue weighted by atomic mass is 35.5. The Morgan fingerprint density at radius 3 is 2.39 bits per heavy atom. The molecule has 0 radical (unpaired) electrons. The average Bonchev–Trinajstić information content (AvgIpc) is 2.72. The van der Waals surface area contributed by atoms with Gasteiger partial charge in [0.15, 0.2) is 0 Å². The summed E-state index contributed by atoms with van der Waals surface area (Å²) in [6.07, 6.45) is 2.82. The minimum absolute atomic E-state index is 0.275. The van der Waals surface area contributed by atoms with Gasteiger partial charge in [0.1, 0.15) is 5.75 Å². The van der Waals surface area contributed by atoms with E-state index in [1.165, 1.54) is 18.5 Å². The Morgan fingerprint density at radius 1 is 1.00 bits per heavy atom. The third-order valence-electron chi connectivity index (χ3n) is 3.96. The van der Waals surface area contributed by atoms with Gasteiger partial charge in [0.25, 0.3) is 11.8 Å². The highest BCUT2D eigenvalue weighted by Gasteiger charge is 2.12. The van der Waals surface area contributed by atoms with Crippen molar-refractivity contribution in [1.82, 2.24) is 10.3 Å². The van der Waals surface area contributed by atoms with Gasteiger partial charge in [-0.1, -0.05) is 29.8 Å². The number of anilines is 1. The molecule has 2 amide bonds. The van der Waals surface area contributed by atoms with Gasteiger partial charge in [-0.2, -0.15) is 0 Å². The van der Waals surface area contributed by atoms with Gasteiger partial charge in [-0.25, -0.2) is 0 Å². The van der Waals surface area contributed by atoms with E-state index < -0.39 is 0 Å². The minimum Gasteiger partial charge on any atom is -0.497 e. The Bertz CT molecular complexity index is 990. The third kappa shape index (κ3) is 5.08. The van der Waals surface area contributed by atoms with Crippen molar-refractivity contribution in [3.63, 3.8) is 0 Å². The summed E-state index contributed by atoms with van der Waals surface area (Å²) in [5, 5.41) is 6.05. The SMILES string of the molecule is COc1ccc(CNC(=O)c2cncc(C(=O)Nc3cccc(Cl)c3)c2)cc1. The summed E-state index contributed by atoms with van der Waals surface area (Å²) in [6, 6.07) is 15.7. The number of carbonyl (C=O) groups excluding carboxylic acids is 2. The van der Waals surface area contributed by atoms with Gasteiger partial charge in [0, 0.05) is 29.6 Å². The fourth-order valence-electron chi connectivity index (χ4n) is 2.49. The highest BCUT2D eigenvalue weighted by molar-refractivity contribution is 6.31. The molecule has 0 spiro atoms. The first-order valence-electron chi connectivity index (χ1n) is 8.48. The smallest absolute Gasteiger partial charge is 0.257 e. The maximum atomic E-state index is 12.4. The lowest BCUT2D eigenvalue weighted by molar-refractivity contribution is 0.0950. The van der Waals surface area contributed by atoms with Gasteiger partial charge in [-0.3, -0.25) is 14.6 Å². The number of pyridine rings is 1. The number of aromatic nitrogens is 1. The lowest BCUT2D eigenvalue weighted by Crippen LogP contribution is -2.23. The number of halogens is 1. The van der Waals surface area contributed by atoms with Crippen molar-refractivity contribution in [2.75, 3.05) is 12.4 Å². The molecule has 1 heterocycles. The van der Waals surface area contributed by atoms with Crippen LogP contribution in [0.4, 0.5) is 5.69 Å². The van der Waals surface area contributed by atoms with Crippen LogP contribution in [-0.4, -0.2) is 23.9 Å². The number of rotatable bonds is 6. The summed E-state index contributed by atoms with van der Waals surface area (Å²) in [5.41, 5.74) is 2.06. The fourth-order valence-corrected chi connectivity index (χ4v) is 2.68. The van der Waals surface area contributed by atoms with Crippen LogP contribution in [0, 0.1) is 0 Å². The second kappa shape index (κ2) is 9.01. The summed E-state index contributed by atoms with van der Waals surface area (Å²) in [4.78, 5) is 28.8. The molecule has 3 rings (SSSR count). The van der Waals surface area contributed by atoms with Crippen molar-refractivity contribution in [2.24, 2.45) is 0 Å². The van der Waals surface area contributed by atoms with E-state index in [-0.39, 0.29) is 17.4 Å². The largest absolute Gasteiger partial charge is 0.497 e. The Morgan fingerprint density at radius 2 is 1.71 bits per heavy atom. The van der Waals surface area contributed by atoms with Crippen molar-refractivity contribution in [2.45, 2.75) is 6.54 Å². The third-order valence-corrected chi connectivity index (χ3v) is 4.19. The van der Waals surface area contributed by atoms with Crippen LogP contribution in [0.1, 0.15) is 26.3 Å². The normalized spacial score (nSPS) is 10.2. The van der Waals surface area contributed by atoms with Gasteiger partial charge in [0.05, 0.1) is 18.2 Å². The molecule has 0 aliphatic carbocycles. The first-order valence-corrected chi connectivity index (χ1v) is 8.86. The first-order chi connectivity index (χ1) is 13.5. The van der Waals surface area contributed by atoms with Crippen LogP contribution in [0.25, 0.3) is 0 Å². The lowest BCUT2D eigenvalue weighted by Gasteiger charge is -2.08. The molecular weight excluding hydrogens is 378 g/mol. The summed E-state index contributed by atoms with van der Waals surface area (Å²) >= 11 is 5.92. The van der Waals surface area contributed by atoms with E-state index in [0.717, 1.165) is 11.3 Å². The van der Waals surface area contributed by atoms with Crippen LogP contribution in [-0.2, 0) is 6.54 Å². The van der Waals surface area contributed by atoms with Crippen LogP contribution in [0.2, 0.25) is 5.02 Å². The van der Waals surface area contributed by atoms with Crippen molar-refractivity contribution >= 4 is 29.1 Å². The molecule has 0 saturated heterocycles. The van der Waals surface area contributed by atoms with Gasteiger partial charge >= 0.3 is 0 Å². The lowest BCUT2D eigenvalue weighted by atomic mass is 10.1. The first kappa shape index (κ1) is 19.4. The number of hydrogen-bond acceptors (Lipinski definition) is 4. The Hall–Kier alpha value is -3.38. The molecule has 2 N–H and O–H groups in total. The molecule has 0 atom stereocenters. The number of ether oxygens (including phenoxy) is 1. The fraction of sp³-hybridized carbons (Fsp3) is 0.0952. The topological polar surface area (TPSA) is 80.3 Å². The molecule has 3 aromatic rings. The molecule has 6 nitrogen and oxygen atoms in total. The zero-order chi connectivity index (χ0) is 19.9. The number of hydrogen-bond donors (Lipinski definition) is 2. The molecule has 0 unspecified atom stereocenters. The van der Waals surface area contributed by atoms with E-state index in [1.807, 2.05) is 24.3 Å². The number of methoxy groups -OCH3 is 1. The zero-order valence-corrected chi connectivity index (χ0v) is 15.9. The molecular formula is C21H18ClN3O3. The zero-order valence-electron chi connectivity index (χ0n) is 15.1. The molecule has 1 aromatic heterocycles. The van der Waals surface area contributed by atoms with E-state index in [9.17, 15) is 9.59 Å². The maximum absolute atomic E-state index is 12.4. The predicted octanol–water partition coefficient (Wildman–Crippen LogP) is 3.93. The molecule has 142 valence electrons. The number of benzene rings is 2. The van der Waals surface area contributed by atoms with Crippen molar-refractivity contribution in [3.05, 3.63) is 88.7 Å². The summed E-state index contributed by atoms with van der Waals surface area (Å²) in [6.45, 7) is 0.349. The summed E-state index contributed by atoms with van der Waals surface area (Å²) in [5.74, 6) is 0.0537. The Labute approximate surface area is 167 Å². The van der Waals surface area contributed by atoms with Crippen LogP contribution >= 0.6 is 11.6 Å². The van der Waals surface area contributed by atoms with Crippen molar-refractivity contribution in [1.29, 1.82) is 0 Å². The molecule has 2 aromatic carbocycles. The van der Waals surface area contributed by atoms with Gasteiger partial charge in [0.2, 0.25) is 0 Å². The van der Waals surface area contributed by atoms with E-state index in [4.69, 9.17) is 16.3 Å². The van der Waals surface area contributed by atoms with E-state index in [2.05, 4.69) is 15.6 Å². The van der Waals surface area contributed by atoms with Crippen LogP contribution in [0.5, 0.6) is 5.75 Å². The Balaban J connectivity index is 1.64. The minimum atomic E-state index is -0.375. The average molecular weight is 396 g/mol. The number of nitrogens with one attached hydrogen (secondary N) is 2. The second-order valence-corrected chi connectivity index (χ2v) is 6.39. The summed E-state index contributed by atoms with van der Waals surface area (Å²) < 4.78 is 5.11. The predicted molar refractivity (Wildman–Crippen MR) is 108 cm³/mol.